The van der Waals surface area contributed by atoms with E-state index in [0.717, 1.165) is 5.56 Å². The highest BCUT2D eigenvalue weighted by molar-refractivity contribution is 5.59. The molecule has 2 rings (SSSR count). The van der Waals surface area contributed by atoms with E-state index < -0.39 is 0 Å². The predicted molar refractivity (Wildman–Crippen MR) is 75.2 cm³/mol. The van der Waals surface area contributed by atoms with Crippen molar-refractivity contribution in [3.8, 4) is 23.0 Å². The van der Waals surface area contributed by atoms with Crippen molar-refractivity contribution < 1.29 is 14.2 Å². The van der Waals surface area contributed by atoms with E-state index in [1.54, 1.807) is 14.2 Å². The topological polar surface area (TPSA) is 53.7 Å². The fourth-order valence-electron chi connectivity index (χ4n) is 1.76. The summed E-state index contributed by atoms with van der Waals surface area (Å²) in [4.78, 5) is 0. The summed E-state index contributed by atoms with van der Waals surface area (Å²) in [7, 11) is 3.17. The van der Waals surface area contributed by atoms with Gasteiger partial charge in [-0.1, -0.05) is 12.1 Å². The lowest BCUT2D eigenvalue weighted by Crippen LogP contribution is -1.97. The molecule has 100 valence electrons. The lowest BCUT2D eigenvalue weighted by molar-refractivity contribution is 0.347. The van der Waals surface area contributed by atoms with Gasteiger partial charge in [-0.25, -0.2) is 0 Å². The molecule has 0 heterocycles. The van der Waals surface area contributed by atoms with Crippen LogP contribution in [0.15, 0.2) is 36.4 Å². The number of anilines is 1. The normalized spacial score (nSPS) is 10.1. The second-order valence-electron chi connectivity index (χ2n) is 4.13. The van der Waals surface area contributed by atoms with E-state index in [2.05, 4.69) is 0 Å². The first kappa shape index (κ1) is 13.1. The molecule has 2 aromatic carbocycles. The Morgan fingerprint density at radius 2 is 1.53 bits per heavy atom. The van der Waals surface area contributed by atoms with Crippen molar-refractivity contribution in [3.63, 3.8) is 0 Å². The molecule has 4 heteroatoms. The van der Waals surface area contributed by atoms with Crippen LogP contribution in [0.1, 0.15) is 5.56 Å². The fraction of sp³-hybridized carbons (Fsp3) is 0.200. The van der Waals surface area contributed by atoms with Gasteiger partial charge in [-0.3, -0.25) is 0 Å². The summed E-state index contributed by atoms with van der Waals surface area (Å²) < 4.78 is 16.4. The summed E-state index contributed by atoms with van der Waals surface area (Å²) in [6.45, 7) is 1.98. The minimum atomic E-state index is 0.518. The lowest BCUT2D eigenvalue weighted by atomic mass is 10.2. The van der Waals surface area contributed by atoms with Gasteiger partial charge in [0.15, 0.2) is 17.2 Å². The molecule has 0 fully saturated rings. The first-order valence-corrected chi connectivity index (χ1v) is 5.90. The molecule has 0 saturated heterocycles. The summed E-state index contributed by atoms with van der Waals surface area (Å²) in [6.07, 6.45) is 0. The Morgan fingerprint density at radius 1 is 0.895 bits per heavy atom. The van der Waals surface area contributed by atoms with Crippen molar-refractivity contribution in [1.82, 2.24) is 0 Å². The standard InChI is InChI=1S/C15H17NO3/c1-10-7-8-11(16)14(9-10)19-15-12(17-2)5-4-6-13(15)18-3/h4-9H,16H2,1-3H3. The van der Waals surface area contributed by atoms with E-state index in [1.165, 1.54) is 0 Å². The molecule has 0 radical (unpaired) electrons. The van der Waals surface area contributed by atoms with Crippen LogP contribution in [0, 0.1) is 6.92 Å². The first-order valence-electron chi connectivity index (χ1n) is 5.90. The maximum atomic E-state index is 5.91. The van der Waals surface area contributed by atoms with Crippen LogP contribution < -0.4 is 19.9 Å². The summed E-state index contributed by atoms with van der Waals surface area (Å²) in [5.41, 5.74) is 7.55. The molecule has 0 aliphatic carbocycles. The van der Waals surface area contributed by atoms with Crippen molar-refractivity contribution in [2.45, 2.75) is 6.92 Å². The molecule has 0 aromatic heterocycles. The smallest absolute Gasteiger partial charge is 0.211 e. The highest BCUT2D eigenvalue weighted by Crippen LogP contribution is 2.41. The van der Waals surface area contributed by atoms with Crippen LogP contribution in [0.3, 0.4) is 0 Å². The fourth-order valence-corrected chi connectivity index (χ4v) is 1.76. The van der Waals surface area contributed by atoms with Gasteiger partial charge in [-0.2, -0.15) is 0 Å². The van der Waals surface area contributed by atoms with E-state index in [-0.39, 0.29) is 0 Å². The zero-order chi connectivity index (χ0) is 13.8. The van der Waals surface area contributed by atoms with Gasteiger partial charge in [0.1, 0.15) is 0 Å². The minimum Gasteiger partial charge on any atom is -0.493 e. The number of hydrogen-bond acceptors (Lipinski definition) is 4. The van der Waals surface area contributed by atoms with Crippen molar-refractivity contribution in [3.05, 3.63) is 42.0 Å². The molecular formula is C15H17NO3. The third kappa shape index (κ3) is 2.73. The molecule has 0 bridgehead atoms. The Labute approximate surface area is 112 Å². The van der Waals surface area contributed by atoms with Gasteiger partial charge in [0, 0.05) is 0 Å². The number of nitrogen functional groups attached to an aromatic ring is 1. The third-order valence-electron chi connectivity index (χ3n) is 2.76. The van der Waals surface area contributed by atoms with Crippen LogP contribution in [0.5, 0.6) is 23.0 Å². The monoisotopic (exact) mass is 259 g/mol. The number of rotatable bonds is 4. The molecule has 19 heavy (non-hydrogen) atoms. The molecule has 0 unspecified atom stereocenters. The summed E-state index contributed by atoms with van der Waals surface area (Å²) in [6, 6.07) is 11.1. The Kier molecular flexibility index (Phi) is 3.80. The molecule has 0 saturated carbocycles. The molecular weight excluding hydrogens is 242 g/mol. The molecule has 0 amide bonds. The Balaban J connectivity index is 2.45. The molecule has 2 N–H and O–H groups in total. The summed E-state index contributed by atoms with van der Waals surface area (Å²) >= 11 is 0. The zero-order valence-electron chi connectivity index (χ0n) is 11.3. The highest BCUT2D eigenvalue weighted by atomic mass is 16.5. The summed E-state index contributed by atoms with van der Waals surface area (Å²) in [5.74, 6) is 2.30. The molecule has 4 nitrogen and oxygen atoms in total. The second kappa shape index (κ2) is 5.52. The highest BCUT2D eigenvalue weighted by Gasteiger charge is 2.13. The van der Waals surface area contributed by atoms with E-state index in [4.69, 9.17) is 19.9 Å². The van der Waals surface area contributed by atoms with Crippen LogP contribution >= 0.6 is 0 Å². The number of nitrogens with two attached hydrogens (primary N) is 1. The van der Waals surface area contributed by atoms with Crippen molar-refractivity contribution in [1.29, 1.82) is 0 Å². The average Bonchev–Trinajstić information content (AvgIpc) is 2.43. The third-order valence-corrected chi connectivity index (χ3v) is 2.76. The maximum absolute atomic E-state index is 5.91. The van der Waals surface area contributed by atoms with Crippen LogP contribution in [-0.4, -0.2) is 14.2 Å². The van der Waals surface area contributed by atoms with Crippen molar-refractivity contribution >= 4 is 5.69 Å². The zero-order valence-corrected chi connectivity index (χ0v) is 11.3. The van der Waals surface area contributed by atoms with E-state index in [0.29, 0.717) is 28.7 Å². The van der Waals surface area contributed by atoms with E-state index >= 15 is 0 Å². The Hall–Kier alpha value is -2.36. The number of methoxy groups -OCH3 is 2. The molecule has 0 aliphatic heterocycles. The van der Waals surface area contributed by atoms with Gasteiger partial charge in [0.25, 0.3) is 0 Å². The number of benzene rings is 2. The maximum Gasteiger partial charge on any atom is 0.211 e. The first-order chi connectivity index (χ1) is 9.15. The second-order valence-corrected chi connectivity index (χ2v) is 4.13. The minimum absolute atomic E-state index is 0.518. The van der Waals surface area contributed by atoms with Gasteiger partial charge in [0.05, 0.1) is 19.9 Å². The van der Waals surface area contributed by atoms with Crippen molar-refractivity contribution in [2.75, 3.05) is 20.0 Å². The number of ether oxygens (including phenoxy) is 3. The van der Waals surface area contributed by atoms with Crippen molar-refractivity contribution in [2.24, 2.45) is 0 Å². The van der Waals surface area contributed by atoms with Gasteiger partial charge in [0.2, 0.25) is 5.75 Å². The quantitative estimate of drug-likeness (QED) is 0.855. The number of hydrogen-bond donors (Lipinski definition) is 1. The molecule has 0 atom stereocenters. The number of aryl methyl sites for hydroxylation is 1. The molecule has 0 spiro atoms. The van der Waals surface area contributed by atoms with Gasteiger partial charge >= 0.3 is 0 Å². The van der Waals surface area contributed by atoms with Gasteiger partial charge in [-0.15, -0.1) is 0 Å². The van der Waals surface area contributed by atoms with Crippen LogP contribution in [0.2, 0.25) is 0 Å². The summed E-state index contributed by atoms with van der Waals surface area (Å²) in [5, 5.41) is 0. The average molecular weight is 259 g/mol. The largest absolute Gasteiger partial charge is 0.493 e. The van der Waals surface area contributed by atoms with Crippen LogP contribution in [-0.2, 0) is 0 Å². The van der Waals surface area contributed by atoms with Crippen LogP contribution in [0.4, 0.5) is 5.69 Å². The van der Waals surface area contributed by atoms with Gasteiger partial charge < -0.3 is 19.9 Å². The van der Waals surface area contributed by atoms with Crippen LogP contribution in [0.25, 0.3) is 0 Å². The number of para-hydroxylation sites is 1. The van der Waals surface area contributed by atoms with Gasteiger partial charge in [-0.05, 0) is 36.8 Å². The van der Waals surface area contributed by atoms with E-state index in [1.807, 2.05) is 43.3 Å². The SMILES string of the molecule is COc1cccc(OC)c1Oc1cc(C)ccc1N. The lowest BCUT2D eigenvalue weighted by Gasteiger charge is -2.15. The molecule has 0 aliphatic rings. The predicted octanol–water partition coefficient (Wildman–Crippen LogP) is 3.39. The Bertz CT molecular complexity index is 559. The Morgan fingerprint density at radius 3 is 2.11 bits per heavy atom. The molecule has 2 aromatic rings. The van der Waals surface area contributed by atoms with E-state index in [9.17, 15) is 0 Å².